The molecule has 3 rings (SSSR count). The van der Waals surface area contributed by atoms with E-state index in [0.29, 0.717) is 31.9 Å². The maximum absolute atomic E-state index is 12.9. The van der Waals surface area contributed by atoms with E-state index in [1.165, 1.54) is 0 Å². The summed E-state index contributed by atoms with van der Waals surface area (Å²) in [6.45, 7) is 9.45. The summed E-state index contributed by atoms with van der Waals surface area (Å²) in [7, 11) is 1.69. The molecule has 2 unspecified atom stereocenters. The van der Waals surface area contributed by atoms with E-state index in [2.05, 4.69) is 13.0 Å². The summed E-state index contributed by atoms with van der Waals surface area (Å²) in [5.74, 6) is 1.31. The van der Waals surface area contributed by atoms with Crippen molar-refractivity contribution in [1.82, 2.24) is 4.90 Å². The van der Waals surface area contributed by atoms with Crippen molar-refractivity contribution in [2.75, 3.05) is 26.8 Å². The van der Waals surface area contributed by atoms with E-state index < -0.39 is 11.2 Å². The molecular formula is C30H43NO5. The molecule has 0 saturated carbocycles. The second-order valence-electron chi connectivity index (χ2n) is 10.7. The number of aliphatic hydroxyl groups is 1. The molecule has 1 aliphatic rings. The van der Waals surface area contributed by atoms with Gasteiger partial charge in [-0.15, -0.1) is 0 Å². The van der Waals surface area contributed by atoms with Crippen molar-refractivity contribution in [3.05, 3.63) is 59.7 Å². The highest BCUT2D eigenvalue weighted by Crippen LogP contribution is 2.44. The minimum atomic E-state index is -1.16. The van der Waals surface area contributed by atoms with E-state index >= 15 is 0 Å². The molecule has 1 fully saturated rings. The highest BCUT2D eigenvalue weighted by atomic mass is 16.6. The number of benzene rings is 2. The van der Waals surface area contributed by atoms with Crippen molar-refractivity contribution in [1.29, 1.82) is 0 Å². The van der Waals surface area contributed by atoms with Gasteiger partial charge in [-0.3, -0.25) is 0 Å². The minimum Gasteiger partial charge on any atom is -0.457 e. The third kappa shape index (κ3) is 7.23. The molecule has 2 atom stereocenters. The molecule has 1 heterocycles. The van der Waals surface area contributed by atoms with Gasteiger partial charge in [-0.05, 0) is 77.0 Å². The van der Waals surface area contributed by atoms with Crippen molar-refractivity contribution >= 4 is 6.09 Å². The first-order valence-electron chi connectivity index (χ1n) is 13.2. The van der Waals surface area contributed by atoms with Crippen LogP contribution in [0.2, 0.25) is 0 Å². The van der Waals surface area contributed by atoms with Crippen molar-refractivity contribution in [3.63, 3.8) is 0 Å². The summed E-state index contributed by atoms with van der Waals surface area (Å²) in [6.07, 6.45) is 4.36. The first-order valence-corrected chi connectivity index (χ1v) is 13.2. The molecule has 1 N–H and O–H groups in total. The van der Waals surface area contributed by atoms with E-state index in [-0.39, 0.29) is 12.0 Å². The van der Waals surface area contributed by atoms with Gasteiger partial charge in [0.05, 0.1) is 5.60 Å². The van der Waals surface area contributed by atoms with Crippen molar-refractivity contribution in [2.24, 2.45) is 5.92 Å². The van der Waals surface area contributed by atoms with Crippen molar-refractivity contribution in [3.8, 4) is 11.5 Å². The van der Waals surface area contributed by atoms with Gasteiger partial charge in [-0.1, -0.05) is 43.3 Å². The van der Waals surface area contributed by atoms with Gasteiger partial charge >= 0.3 is 6.09 Å². The average Bonchev–Trinajstić information content (AvgIpc) is 2.86. The van der Waals surface area contributed by atoms with Crippen LogP contribution in [0, 0.1) is 5.92 Å². The van der Waals surface area contributed by atoms with Gasteiger partial charge in [0.1, 0.15) is 17.1 Å². The van der Waals surface area contributed by atoms with E-state index in [4.69, 9.17) is 14.2 Å². The normalized spacial score (nSPS) is 17.9. The average molecular weight is 498 g/mol. The van der Waals surface area contributed by atoms with Crippen LogP contribution < -0.4 is 4.74 Å². The third-order valence-corrected chi connectivity index (χ3v) is 6.83. The smallest absolute Gasteiger partial charge is 0.410 e. The maximum Gasteiger partial charge on any atom is 0.410 e. The van der Waals surface area contributed by atoms with Gasteiger partial charge < -0.3 is 24.2 Å². The van der Waals surface area contributed by atoms with Crippen LogP contribution >= 0.6 is 0 Å². The Hall–Kier alpha value is -2.57. The number of carbonyl (C=O) groups is 1. The highest BCUT2D eigenvalue weighted by Gasteiger charge is 2.43. The highest BCUT2D eigenvalue weighted by molar-refractivity contribution is 5.68. The number of carbonyl (C=O) groups excluding carboxylic acids is 1. The van der Waals surface area contributed by atoms with Crippen LogP contribution in [-0.2, 0) is 21.5 Å². The predicted octanol–water partition coefficient (Wildman–Crippen LogP) is 6.69. The fraction of sp³-hybridized carbons (Fsp3) is 0.567. The Labute approximate surface area is 216 Å². The number of rotatable bonds is 10. The first-order chi connectivity index (χ1) is 17.2. The molecule has 2 aromatic rings. The number of nitrogens with zero attached hydrogens (tertiary/aromatic N) is 1. The van der Waals surface area contributed by atoms with Crippen LogP contribution in [0.3, 0.4) is 0 Å². The fourth-order valence-electron chi connectivity index (χ4n) is 4.99. The van der Waals surface area contributed by atoms with Gasteiger partial charge in [-0.2, -0.15) is 0 Å². The lowest BCUT2D eigenvalue weighted by Gasteiger charge is -2.43. The lowest BCUT2D eigenvalue weighted by Crippen LogP contribution is -2.49. The third-order valence-electron chi connectivity index (χ3n) is 6.83. The lowest BCUT2D eigenvalue weighted by atomic mass is 9.73. The summed E-state index contributed by atoms with van der Waals surface area (Å²) in [6, 6.07) is 15.8. The molecule has 2 aromatic carbocycles. The first kappa shape index (κ1) is 28.0. The largest absolute Gasteiger partial charge is 0.457 e. The zero-order valence-electron chi connectivity index (χ0n) is 22.6. The Morgan fingerprint density at radius 3 is 2.44 bits per heavy atom. The van der Waals surface area contributed by atoms with Crippen molar-refractivity contribution < 1.29 is 24.1 Å². The number of aryl methyl sites for hydroxylation is 1. The number of ether oxygens (including phenoxy) is 3. The fourth-order valence-corrected chi connectivity index (χ4v) is 4.99. The van der Waals surface area contributed by atoms with Gasteiger partial charge in [0.25, 0.3) is 0 Å². The molecule has 36 heavy (non-hydrogen) atoms. The van der Waals surface area contributed by atoms with Crippen LogP contribution in [0.1, 0.15) is 70.9 Å². The zero-order valence-corrected chi connectivity index (χ0v) is 22.6. The molecule has 198 valence electrons. The molecule has 0 radical (unpaired) electrons. The summed E-state index contributed by atoms with van der Waals surface area (Å²) >= 11 is 0. The van der Waals surface area contributed by atoms with Crippen LogP contribution in [0.15, 0.2) is 48.5 Å². The van der Waals surface area contributed by atoms with Crippen LogP contribution in [0.5, 0.6) is 11.5 Å². The number of hydrogen-bond acceptors (Lipinski definition) is 5. The Morgan fingerprint density at radius 2 is 1.75 bits per heavy atom. The van der Waals surface area contributed by atoms with Gasteiger partial charge in [0.2, 0.25) is 0 Å². The predicted molar refractivity (Wildman–Crippen MR) is 142 cm³/mol. The molecule has 0 aliphatic carbocycles. The molecular weight excluding hydrogens is 454 g/mol. The topological polar surface area (TPSA) is 68.2 Å². The number of amides is 1. The second kappa shape index (κ2) is 12.6. The summed E-state index contributed by atoms with van der Waals surface area (Å²) < 4.78 is 17.4. The van der Waals surface area contributed by atoms with E-state index in [0.717, 1.165) is 49.0 Å². The minimum absolute atomic E-state index is 0.146. The Kier molecular flexibility index (Phi) is 9.80. The standard InChI is InChI=1S/C30H43NO5/c1-6-23-14-7-9-17-26(23)35-27-18-10-8-16-25(27)30(33,19-11-12-21-34-5)24-15-13-20-31(22-24)28(32)36-29(2,3)4/h7-10,14,16-18,24,33H,6,11-13,15,19-22H2,1-5H3. The number of para-hydroxylation sites is 2. The summed E-state index contributed by atoms with van der Waals surface area (Å²) in [5, 5.41) is 12.4. The molecule has 1 amide bonds. The van der Waals surface area contributed by atoms with Crippen LogP contribution in [0.25, 0.3) is 0 Å². The molecule has 1 saturated heterocycles. The number of piperidine rings is 1. The van der Waals surface area contributed by atoms with Gasteiger partial charge in [-0.25, -0.2) is 4.79 Å². The Morgan fingerprint density at radius 1 is 1.06 bits per heavy atom. The van der Waals surface area contributed by atoms with Crippen LogP contribution in [0.4, 0.5) is 4.79 Å². The Bertz CT molecular complexity index is 985. The lowest BCUT2D eigenvalue weighted by molar-refractivity contribution is -0.0651. The number of likely N-dealkylation sites (tertiary alicyclic amines) is 1. The summed E-state index contributed by atoms with van der Waals surface area (Å²) in [5.41, 5.74) is 0.161. The van der Waals surface area contributed by atoms with Gasteiger partial charge in [0.15, 0.2) is 0 Å². The molecule has 1 aliphatic heterocycles. The molecule has 0 bridgehead atoms. The van der Waals surface area contributed by atoms with E-state index in [1.54, 1.807) is 12.0 Å². The monoisotopic (exact) mass is 497 g/mol. The van der Waals surface area contributed by atoms with Crippen molar-refractivity contribution in [2.45, 2.75) is 77.4 Å². The van der Waals surface area contributed by atoms with E-state index in [1.807, 2.05) is 63.2 Å². The maximum atomic E-state index is 12.9. The number of hydrogen-bond donors (Lipinski definition) is 1. The molecule has 6 heteroatoms. The van der Waals surface area contributed by atoms with Crippen LogP contribution in [-0.4, -0.2) is 48.5 Å². The zero-order chi connectivity index (χ0) is 26.2. The molecule has 0 spiro atoms. The Balaban J connectivity index is 1.94. The summed E-state index contributed by atoms with van der Waals surface area (Å²) in [4.78, 5) is 14.6. The number of methoxy groups -OCH3 is 1. The SMILES string of the molecule is CCc1ccccc1Oc1ccccc1C(O)(CCCCOC)C1CCCN(C(=O)OC(C)(C)C)C1. The number of unbranched alkanes of at least 4 members (excludes halogenated alkanes) is 1. The molecule has 0 aromatic heterocycles. The second-order valence-corrected chi connectivity index (χ2v) is 10.7. The quantitative estimate of drug-likeness (QED) is 0.370. The van der Waals surface area contributed by atoms with Gasteiger partial charge in [0, 0.05) is 38.3 Å². The molecule has 6 nitrogen and oxygen atoms in total. The van der Waals surface area contributed by atoms with E-state index in [9.17, 15) is 9.90 Å².